The zero-order valence-corrected chi connectivity index (χ0v) is 17.2. The number of carbonyl (C=O) groups is 1. The lowest BCUT2D eigenvalue weighted by Crippen LogP contribution is -2.53. The molecule has 0 atom stereocenters. The van der Waals surface area contributed by atoms with Gasteiger partial charge in [0.15, 0.2) is 5.96 Å². The van der Waals surface area contributed by atoms with Gasteiger partial charge in [-0.3, -0.25) is 9.79 Å². The molecular formula is C17H33IN4O. The zero-order valence-electron chi connectivity index (χ0n) is 14.9. The summed E-state index contributed by atoms with van der Waals surface area (Å²) in [5.41, 5.74) is 0. The Morgan fingerprint density at radius 3 is 2.17 bits per heavy atom. The Balaban J connectivity index is 0.00000264. The lowest BCUT2D eigenvalue weighted by molar-refractivity contribution is -0.130. The van der Waals surface area contributed by atoms with Crippen molar-refractivity contribution in [3.63, 3.8) is 0 Å². The van der Waals surface area contributed by atoms with Gasteiger partial charge in [0.25, 0.3) is 0 Å². The summed E-state index contributed by atoms with van der Waals surface area (Å²) in [6, 6.07) is 0. The maximum absolute atomic E-state index is 11.4. The molecule has 1 heterocycles. The molecule has 1 aliphatic heterocycles. The Labute approximate surface area is 158 Å². The van der Waals surface area contributed by atoms with Gasteiger partial charge in [-0.2, -0.15) is 0 Å². The Bertz CT molecular complexity index is 386. The Hall–Kier alpha value is -0.530. The maximum Gasteiger partial charge on any atom is 0.219 e. The second-order valence-corrected chi connectivity index (χ2v) is 6.81. The molecule has 1 aliphatic carbocycles. The van der Waals surface area contributed by atoms with Crippen LogP contribution in [0.4, 0.5) is 0 Å². The van der Waals surface area contributed by atoms with Crippen LogP contribution in [0.1, 0.15) is 46.5 Å². The van der Waals surface area contributed by atoms with Gasteiger partial charge in [0, 0.05) is 46.2 Å². The first-order valence-electron chi connectivity index (χ1n) is 8.89. The van der Waals surface area contributed by atoms with Gasteiger partial charge in [-0.05, 0) is 31.6 Å². The first kappa shape index (κ1) is 20.5. The topological polar surface area (TPSA) is 47.9 Å². The van der Waals surface area contributed by atoms with Crippen LogP contribution in [0.5, 0.6) is 0 Å². The monoisotopic (exact) mass is 436 g/mol. The molecule has 0 spiro atoms. The van der Waals surface area contributed by atoms with E-state index in [1.165, 1.54) is 25.7 Å². The summed E-state index contributed by atoms with van der Waals surface area (Å²) in [5.74, 6) is 2.86. The average Bonchev–Trinajstić information content (AvgIpc) is 2.53. The molecule has 0 aromatic rings. The number of hydrogen-bond acceptors (Lipinski definition) is 2. The van der Waals surface area contributed by atoms with Crippen LogP contribution in [-0.4, -0.2) is 60.9 Å². The van der Waals surface area contributed by atoms with Gasteiger partial charge in [-0.15, -0.1) is 24.0 Å². The standard InChI is InChI=1S/C17H32N4O.HI/c1-4-18-17(19-13-16-7-5-14(2)6-8-16)21-11-9-20(10-12-21)15(3)22;/h14,16H,4-13H2,1-3H3,(H,18,19);1H. The van der Waals surface area contributed by atoms with E-state index in [9.17, 15) is 4.79 Å². The van der Waals surface area contributed by atoms with Gasteiger partial charge < -0.3 is 15.1 Å². The summed E-state index contributed by atoms with van der Waals surface area (Å²) in [4.78, 5) is 20.5. The second kappa shape index (κ2) is 10.4. The van der Waals surface area contributed by atoms with E-state index >= 15 is 0 Å². The molecule has 0 aromatic carbocycles. The molecule has 2 fully saturated rings. The molecule has 134 valence electrons. The maximum atomic E-state index is 11.4. The first-order chi connectivity index (χ1) is 10.6. The van der Waals surface area contributed by atoms with Crippen LogP contribution >= 0.6 is 24.0 Å². The van der Waals surface area contributed by atoms with E-state index in [1.807, 2.05) is 4.90 Å². The summed E-state index contributed by atoms with van der Waals surface area (Å²) in [6.07, 6.45) is 5.35. The number of halogens is 1. The van der Waals surface area contributed by atoms with Crippen LogP contribution in [0.3, 0.4) is 0 Å². The lowest BCUT2D eigenvalue weighted by Gasteiger charge is -2.36. The highest BCUT2D eigenvalue weighted by Gasteiger charge is 2.22. The number of guanidine groups is 1. The molecule has 1 saturated heterocycles. The fourth-order valence-electron chi connectivity index (χ4n) is 3.39. The number of aliphatic imine (C=N–C) groups is 1. The van der Waals surface area contributed by atoms with Crippen molar-refractivity contribution in [2.75, 3.05) is 39.3 Å². The average molecular weight is 436 g/mol. The third-order valence-electron chi connectivity index (χ3n) is 4.99. The molecule has 6 heteroatoms. The second-order valence-electron chi connectivity index (χ2n) is 6.81. The third kappa shape index (κ3) is 6.47. The molecule has 1 N–H and O–H groups in total. The molecule has 0 radical (unpaired) electrons. The number of nitrogens with zero attached hydrogens (tertiary/aromatic N) is 3. The van der Waals surface area contributed by atoms with Gasteiger partial charge in [0.2, 0.25) is 5.91 Å². The van der Waals surface area contributed by atoms with Crippen LogP contribution in [0.15, 0.2) is 4.99 Å². The minimum absolute atomic E-state index is 0. The van der Waals surface area contributed by atoms with E-state index in [0.717, 1.165) is 57.1 Å². The number of nitrogens with one attached hydrogen (secondary N) is 1. The van der Waals surface area contributed by atoms with E-state index < -0.39 is 0 Å². The molecule has 0 bridgehead atoms. The molecule has 2 rings (SSSR count). The summed E-state index contributed by atoms with van der Waals surface area (Å²) in [5, 5.41) is 3.42. The fourth-order valence-corrected chi connectivity index (χ4v) is 3.39. The van der Waals surface area contributed by atoms with E-state index in [2.05, 4.69) is 24.1 Å². The quantitative estimate of drug-likeness (QED) is 0.420. The Kier molecular flexibility index (Phi) is 9.24. The number of piperazine rings is 1. The largest absolute Gasteiger partial charge is 0.357 e. The zero-order chi connectivity index (χ0) is 15.9. The van der Waals surface area contributed by atoms with Crippen molar-refractivity contribution in [2.45, 2.75) is 46.5 Å². The molecule has 2 aliphatic rings. The van der Waals surface area contributed by atoms with E-state index in [-0.39, 0.29) is 29.9 Å². The molecule has 0 aromatic heterocycles. The number of rotatable bonds is 3. The summed E-state index contributed by atoms with van der Waals surface area (Å²) >= 11 is 0. The van der Waals surface area contributed by atoms with Crippen LogP contribution in [0, 0.1) is 11.8 Å². The Morgan fingerprint density at radius 2 is 1.65 bits per heavy atom. The van der Waals surface area contributed by atoms with Crippen LogP contribution in [0.25, 0.3) is 0 Å². The number of carbonyl (C=O) groups excluding carboxylic acids is 1. The predicted molar refractivity (Wildman–Crippen MR) is 106 cm³/mol. The highest BCUT2D eigenvalue weighted by atomic mass is 127. The smallest absolute Gasteiger partial charge is 0.219 e. The number of amides is 1. The lowest BCUT2D eigenvalue weighted by atomic mass is 9.83. The summed E-state index contributed by atoms with van der Waals surface area (Å²) < 4.78 is 0. The van der Waals surface area contributed by atoms with Gasteiger partial charge in [-0.25, -0.2) is 0 Å². The third-order valence-corrected chi connectivity index (χ3v) is 4.99. The molecule has 1 saturated carbocycles. The van der Waals surface area contributed by atoms with Crippen molar-refractivity contribution in [2.24, 2.45) is 16.8 Å². The SMILES string of the molecule is CCNC(=NCC1CCC(C)CC1)N1CCN(C(C)=O)CC1.I. The minimum Gasteiger partial charge on any atom is -0.357 e. The van der Waals surface area contributed by atoms with Gasteiger partial charge in [0.1, 0.15) is 0 Å². The predicted octanol–water partition coefficient (Wildman–Crippen LogP) is 2.56. The van der Waals surface area contributed by atoms with Crippen molar-refractivity contribution in [1.82, 2.24) is 15.1 Å². The van der Waals surface area contributed by atoms with Crippen molar-refractivity contribution in [3.8, 4) is 0 Å². The summed E-state index contributed by atoms with van der Waals surface area (Å²) in [6.45, 7) is 11.3. The van der Waals surface area contributed by atoms with Gasteiger partial charge in [-0.1, -0.05) is 19.8 Å². The Morgan fingerprint density at radius 1 is 1.09 bits per heavy atom. The molecule has 0 unspecified atom stereocenters. The van der Waals surface area contributed by atoms with Crippen molar-refractivity contribution in [3.05, 3.63) is 0 Å². The fraction of sp³-hybridized carbons (Fsp3) is 0.882. The van der Waals surface area contributed by atoms with Crippen LogP contribution in [-0.2, 0) is 4.79 Å². The molecule has 5 nitrogen and oxygen atoms in total. The van der Waals surface area contributed by atoms with E-state index in [0.29, 0.717) is 0 Å². The van der Waals surface area contributed by atoms with E-state index in [4.69, 9.17) is 4.99 Å². The number of hydrogen-bond donors (Lipinski definition) is 1. The van der Waals surface area contributed by atoms with Crippen LogP contribution < -0.4 is 5.32 Å². The van der Waals surface area contributed by atoms with Gasteiger partial charge >= 0.3 is 0 Å². The van der Waals surface area contributed by atoms with Crippen molar-refractivity contribution >= 4 is 35.8 Å². The molecule has 1 amide bonds. The van der Waals surface area contributed by atoms with Crippen molar-refractivity contribution in [1.29, 1.82) is 0 Å². The van der Waals surface area contributed by atoms with Crippen LogP contribution in [0.2, 0.25) is 0 Å². The normalized spacial score (nSPS) is 25.8. The summed E-state index contributed by atoms with van der Waals surface area (Å²) in [7, 11) is 0. The molecular weight excluding hydrogens is 403 g/mol. The highest BCUT2D eigenvalue weighted by Crippen LogP contribution is 2.28. The van der Waals surface area contributed by atoms with E-state index in [1.54, 1.807) is 6.92 Å². The molecule has 23 heavy (non-hydrogen) atoms. The highest BCUT2D eigenvalue weighted by molar-refractivity contribution is 14.0. The van der Waals surface area contributed by atoms with Crippen molar-refractivity contribution < 1.29 is 4.79 Å². The van der Waals surface area contributed by atoms with Gasteiger partial charge in [0.05, 0.1) is 0 Å². The first-order valence-corrected chi connectivity index (χ1v) is 8.89. The minimum atomic E-state index is 0.